The van der Waals surface area contributed by atoms with Gasteiger partial charge in [0.1, 0.15) is 0 Å². The quantitative estimate of drug-likeness (QED) is 0.353. The van der Waals surface area contributed by atoms with Crippen molar-refractivity contribution in [3.63, 3.8) is 0 Å². The molecule has 0 aromatic rings. The van der Waals surface area contributed by atoms with Gasteiger partial charge in [-0.1, -0.05) is 0 Å². The topological polar surface area (TPSA) is 42.3 Å². The first-order valence-electron chi connectivity index (χ1n) is 3.58. The molecule has 0 aromatic heterocycles. The zero-order valence-corrected chi connectivity index (χ0v) is 14.6. The Balaban J connectivity index is 3.76. The summed E-state index contributed by atoms with van der Waals surface area (Å²) in [5, 5.41) is 8.90. The van der Waals surface area contributed by atoms with E-state index in [1.807, 2.05) is 0 Å². The molecule has 0 saturated heterocycles. The molecule has 0 spiro atoms. The van der Waals surface area contributed by atoms with Crippen LogP contribution in [0.5, 0.6) is 0 Å². The Morgan fingerprint density at radius 1 is 1.73 bits per heavy atom. The molecule has 3 nitrogen and oxygen atoms in total. The molecule has 2 N–H and O–H groups in total. The number of hydrogen-bond donors (Lipinski definition) is 1. The fourth-order valence-corrected chi connectivity index (χ4v) is 9.58. The van der Waals surface area contributed by atoms with Gasteiger partial charge >= 0.3 is 89.5 Å². The minimum absolute atomic E-state index is 0.00485. The third-order valence-electron chi connectivity index (χ3n) is 1.64. The Morgan fingerprint density at radius 2 is 2.36 bits per heavy atom. The molecule has 0 bridgehead atoms. The van der Waals surface area contributed by atoms with Crippen molar-refractivity contribution >= 4 is 17.7 Å². The SMILES string of the molecule is COC([CH2][Hg][I])C(CO)[OH+]C. The van der Waals surface area contributed by atoms with Gasteiger partial charge in [0.25, 0.3) is 0 Å². The molecule has 0 rings (SSSR count). The third-order valence-corrected chi connectivity index (χ3v) is 10.2. The van der Waals surface area contributed by atoms with Crippen molar-refractivity contribution in [2.24, 2.45) is 0 Å². The van der Waals surface area contributed by atoms with Gasteiger partial charge in [0.2, 0.25) is 0 Å². The van der Waals surface area contributed by atoms with Gasteiger partial charge in [-0.2, -0.15) is 0 Å². The van der Waals surface area contributed by atoms with Gasteiger partial charge < -0.3 is 0 Å². The van der Waals surface area contributed by atoms with Crippen molar-refractivity contribution in [1.82, 2.24) is 0 Å². The standard InChI is InChI=1S/C6H13O3.Hg.HI/c1-5(8-2)6(4-7)9-3;;/h5-7H,1,4H2,2-3H3;;1H/q;+1;. The summed E-state index contributed by atoms with van der Waals surface area (Å²) in [6.45, 7) is 0.111. The van der Waals surface area contributed by atoms with Crippen LogP contribution in [-0.4, -0.2) is 42.9 Å². The first-order valence-corrected chi connectivity index (χ1v) is 22.9. The number of hydrogen-bond acceptors (Lipinski definition) is 2. The minimum atomic E-state index is -0.669. The van der Waals surface area contributed by atoms with Crippen molar-refractivity contribution in [3.8, 4) is 0 Å². The van der Waals surface area contributed by atoms with Crippen molar-refractivity contribution in [2.75, 3.05) is 20.8 Å². The molecule has 0 amide bonds. The molecule has 5 heteroatoms. The van der Waals surface area contributed by atoms with Gasteiger partial charge in [-0.05, 0) is 0 Å². The van der Waals surface area contributed by atoms with Crippen LogP contribution >= 0.6 is 17.7 Å². The molecular weight excluding hydrogens is 448 g/mol. The molecular formula is C6H14HgIO3+. The van der Waals surface area contributed by atoms with Crippen LogP contribution in [0, 0.1) is 0 Å². The van der Waals surface area contributed by atoms with Crippen LogP contribution in [0.1, 0.15) is 0 Å². The molecule has 0 heterocycles. The molecule has 0 aromatic carbocycles. The average Bonchev–Trinajstić information content (AvgIpc) is 2.05. The first kappa shape index (κ1) is 12.5. The Morgan fingerprint density at radius 3 is 2.64 bits per heavy atom. The number of halogens is 1. The maximum absolute atomic E-state index is 8.90. The van der Waals surface area contributed by atoms with Crippen molar-refractivity contribution in [2.45, 2.75) is 16.1 Å². The summed E-state index contributed by atoms with van der Waals surface area (Å²) in [6, 6.07) is 0. The van der Waals surface area contributed by atoms with E-state index < -0.39 is 20.2 Å². The summed E-state index contributed by atoms with van der Waals surface area (Å²) in [7, 11) is 3.43. The summed E-state index contributed by atoms with van der Waals surface area (Å²) in [5.41, 5.74) is 0. The molecule has 0 radical (unpaired) electrons. The zero-order valence-electron chi connectivity index (χ0n) is 6.96. The molecule has 2 unspecified atom stereocenters. The fourth-order valence-electron chi connectivity index (χ4n) is 0.940. The average molecular weight is 462 g/mol. The molecule has 64 valence electrons. The van der Waals surface area contributed by atoms with E-state index in [1.54, 1.807) is 14.2 Å². The molecule has 11 heavy (non-hydrogen) atoms. The second-order valence-corrected chi connectivity index (χ2v) is 15.4. The van der Waals surface area contributed by atoms with Crippen LogP contribution in [0.15, 0.2) is 0 Å². The van der Waals surface area contributed by atoms with Crippen LogP contribution in [0.4, 0.5) is 0 Å². The van der Waals surface area contributed by atoms with Crippen LogP contribution in [0.2, 0.25) is 3.93 Å². The van der Waals surface area contributed by atoms with E-state index in [0.717, 1.165) is 0 Å². The van der Waals surface area contributed by atoms with Crippen molar-refractivity contribution < 1.29 is 34.8 Å². The second-order valence-electron chi connectivity index (χ2n) is 2.26. The van der Waals surface area contributed by atoms with Crippen LogP contribution in [0.3, 0.4) is 0 Å². The number of ether oxygens (including phenoxy) is 2. The Labute approximate surface area is 88.6 Å². The normalized spacial score (nSPS) is 15.6. The van der Waals surface area contributed by atoms with Gasteiger partial charge in [-0.3, -0.25) is 0 Å². The van der Waals surface area contributed by atoms with Gasteiger partial charge in [0.05, 0.1) is 0 Å². The van der Waals surface area contributed by atoms with E-state index in [2.05, 4.69) is 22.4 Å². The number of methoxy groups -OCH3 is 1. The van der Waals surface area contributed by atoms with E-state index in [4.69, 9.17) is 9.84 Å². The molecule has 0 aliphatic heterocycles. The van der Waals surface area contributed by atoms with Crippen molar-refractivity contribution in [1.29, 1.82) is 0 Å². The third kappa shape index (κ3) is 4.97. The number of aliphatic hydroxyl groups is 3. The van der Waals surface area contributed by atoms with Gasteiger partial charge in [0.15, 0.2) is 0 Å². The second kappa shape index (κ2) is 8.16. The van der Waals surface area contributed by atoms with Gasteiger partial charge in [-0.15, -0.1) is 0 Å². The summed E-state index contributed by atoms with van der Waals surface area (Å²) in [4.78, 5) is 0. The Kier molecular flexibility index (Phi) is 9.30. The van der Waals surface area contributed by atoms with Crippen LogP contribution in [0.25, 0.3) is 0 Å². The van der Waals surface area contributed by atoms with Crippen molar-refractivity contribution in [3.05, 3.63) is 0 Å². The Hall–Kier alpha value is 1.55. The summed E-state index contributed by atoms with van der Waals surface area (Å²) in [6.07, 6.45) is 0.165. The first-order chi connectivity index (χ1) is 5.29. The summed E-state index contributed by atoms with van der Waals surface area (Å²) >= 11 is 1.84. The molecule has 2 atom stereocenters. The fraction of sp³-hybridized carbons (Fsp3) is 1.00. The molecule has 0 aliphatic carbocycles. The van der Waals surface area contributed by atoms with E-state index in [0.29, 0.717) is 0 Å². The van der Waals surface area contributed by atoms with Crippen LogP contribution in [-0.2, 0) is 25.0 Å². The number of aliphatic hydroxyl groups excluding tert-OH is 1. The molecule has 0 aliphatic rings. The molecule has 0 saturated carbocycles. The molecule has 0 fully saturated rings. The van der Waals surface area contributed by atoms with E-state index in [1.165, 1.54) is 3.93 Å². The zero-order chi connectivity index (χ0) is 8.69. The van der Waals surface area contributed by atoms with Gasteiger partial charge in [0, 0.05) is 0 Å². The predicted molar refractivity (Wildman–Crippen MR) is 48.6 cm³/mol. The monoisotopic (exact) mass is 463 g/mol. The predicted octanol–water partition coefficient (Wildman–Crippen LogP) is 0.371. The Bertz CT molecular complexity index is 89.9. The van der Waals surface area contributed by atoms with E-state index in [9.17, 15) is 0 Å². The van der Waals surface area contributed by atoms with E-state index >= 15 is 0 Å². The number of rotatable bonds is 6. The van der Waals surface area contributed by atoms with E-state index in [-0.39, 0.29) is 18.8 Å². The van der Waals surface area contributed by atoms with Gasteiger partial charge in [-0.25, -0.2) is 0 Å². The van der Waals surface area contributed by atoms with Crippen LogP contribution < -0.4 is 0 Å². The summed E-state index contributed by atoms with van der Waals surface area (Å²) < 4.78 is 10.5. The maximum atomic E-state index is 8.90. The summed E-state index contributed by atoms with van der Waals surface area (Å²) in [5.74, 6) is 0.